The van der Waals surface area contributed by atoms with Crippen LogP contribution in [0.15, 0.2) is 28.7 Å². The van der Waals surface area contributed by atoms with Gasteiger partial charge < -0.3 is 0 Å². The summed E-state index contributed by atoms with van der Waals surface area (Å²) in [6.07, 6.45) is 0. The van der Waals surface area contributed by atoms with Crippen LogP contribution in [0.2, 0.25) is 0 Å². The first kappa shape index (κ1) is 13.1. The molecule has 0 saturated heterocycles. The van der Waals surface area contributed by atoms with E-state index in [9.17, 15) is 4.39 Å². The zero-order valence-electron chi connectivity index (χ0n) is 9.43. The summed E-state index contributed by atoms with van der Waals surface area (Å²) in [4.78, 5) is 2.11. The molecule has 1 aromatic heterocycles. The van der Waals surface area contributed by atoms with E-state index in [2.05, 4.69) is 15.9 Å². The third kappa shape index (κ3) is 2.56. The molecule has 1 aromatic carbocycles. The highest BCUT2D eigenvalue weighted by molar-refractivity contribution is 9.10. The molecule has 0 aliphatic rings. The lowest BCUT2D eigenvalue weighted by molar-refractivity contribution is 0.603. The molecular formula is C13H11BrClFS. The Hall–Kier alpha value is -0.380. The van der Waals surface area contributed by atoms with Crippen LogP contribution >= 0.6 is 38.9 Å². The van der Waals surface area contributed by atoms with Gasteiger partial charge in [-0.2, -0.15) is 0 Å². The SMILES string of the molecule is Cc1cc(Br)c(C(Cl)c2cccc(C)c2F)s1. The van der Waals surface area contributed by atoms with Crippen LogP contribution < -0.4 is 0 Å². The van der Waals surface area contributed by atoms with Crippen molar-refractivity contribution < 1.29 is 4.39 Å². The molecule has 0 nitrogen and oxygen atoms in total. The van der Waals surface area contributed by atoms with Crippen molar-refractivity contribution >= 4 is 38.9 Å². The molecule has 2 aromatic rings. The van der Waals surface area contributed by atoms with Crippen molar-refractivity contribution in [1.82, 2.24) is 0 Å². The van der Waals surface area contributed by atoms with Crippen LogP contribution in [0.1, 0.15) is 26.3 Å². The van der Waals surface area contributed by atoms with Gasteiger partial charge in [0.1, 0.15) is 5.82 Å². The first-order chi connectivity index (χ1) is 8.00. The molecule has 0 N–H and O–H groups in total. The summed E-state index contributed by atoms with van der Waals surface area (Å²) < 4.78 is 14.9. The number of benzene rings is 1. The first-order valence-corrected chi connectivity index (χ1v) is 7.20. The lowest BCUT2D eigenvalue weighted by Crippen LogP contribution is -1.97. The van der Waals surface area contributed by atoms with E-state index in [0.717, 1.165) is 14.2 Å². The van der Waals surface area contributed by atoms with Gasteiger partial charge in [-0.3, -0.25) is 0 Å². The molecule has 0 amide bonds. The minimum Gasteiger partial charge on any atom is -0.206 e. The van der Waals surface area contributed by atoms with Crippen LogP contribution in [0.3, 0.4) is 0 Å². The average Bonchev–Trinajstić information content (AvgIpc) is 2.61. The van der Waals surface area contributed by atoms with Gasteiger partial charge in [-0.15, -0.1) is 22.9 Å². The van der Waals surface area contributed by atoms with Crippen LogP contribution in [0.4, 0.5) is 4.39 Å². The van der Waals surface area contributed by atoms with E-state index in [1.54, 1.807) is 30.4 Å². The molecule has 0 spiro atoms. The van der Waals surface area contributed by atoms with Crippen LogP contribution in [0.5, 0.6) is 0 Å². The lowest BCUT2D eigenvalue weighted by Gasteiger charge is -2.11. The maximum Gasteiger partial charge on any atom is 0.131 e. The maximum absolute atomic E-state index is 14.0. The minimum absolute atomic E-state index is 0.217. The Morgan fingerprint density at radius 3 is 2.65 bits per heavy atom. The number of hydrogen-bond acceptors (Lipinski definition) is 1. The number of rotatable bonds is 2. The summed E-state index contributed by atoms with van der Waals surface area (Å²) in [7, 11) is 0. The highest BCUT2D eigenvalue weighted by Gasteiger charge is 2.20. The zero-order chi connectivity index (χ0) is 12.6. The third-order valence-corrected chi connectivity index (χ3v) is 5.18. The van der Waals surface area contributed by atoms with Crippen LogP contribution in [-0.2, 0) is 0 Å². The van der Waals surface area contributed by atoms with E-state index in [1.165, 1.54) is 0 Å². The van der Waals surface area contributed by atoms with Crippen molar-refractivity contribution in [3.05, 3.63) is 55.4 Å². The third-order valence-electron chi connectivity index (χ3n) is 2.56. The largest absolute Gasteiger partial charge is 0.206 e. The topological polar surface area (TPSA) is 0 Å². The van der Waals surface area contributed by atoms with Gasteiger partial charge in [0.2, 0.25) is 0 Å². The fourth-order valence-electron chi connectivity index (χ4n) is 1.68. The van der Waals surface area contributed by atoms with Gasteiger partial charge in [-0.25, -0.2) is 4.39 Å². The van der Waals surface area contributed by atoms with Gasteiger partial charge in [-0.1, -0.05) is 18.2 Å². The van der Waals surface area contributed by atoms with Crippen molar-refractivity contribution in [1.29, 1.82) is 0 Å². The summed E-state index contributed by atoms with van der Waals surface area (Å²) in [5.74, 6) is -0.217. The molecule has 2 rings (SSSR count). The van der Waals surface area contributed by atoms with Crippen molar-refractivity contribution in [3.63, 3.8) is 0 Å². The van der Waals surface area contributed by atoms with Crippen molar-refractivity contribution in [2.24, 2.45) is 0 Å². The van der Waals surface area contributed by atoms with Gasteiger partial charge in [0, 0.05) is 19.8 Å². The normalized spacial score (nSPS) is 12.8. The molecule has 1 unspecified atom stereocenters. The Kier molecular flexibility index (Phi) is 3.91. The molecule has 0 aliphatic carbocycles. The summed E-state index contributed by atoms with van der Waals surface area (Å²) in [5, 5.41) is -0.442. The molecular weight excluding hydrogens is 323 g/mol. The fourth-order valence-corrected chi connectivity index (χ4v) is 4.11. The molecule has 1 atom stereocenters. The van der Waals surface area contributed by atoms with E-state index in [-0.39, 0.29) is 5.82 Å². The van der Waals surface area contributed by atoms with Gasteiger partial charge >= 0.3 is 0 Å². The quantitative estimate of drug-likeness (QED) is 0.628. The number of aryl methyl sites for hydroxylation is 2. The van der Waals surface area contributed by atoms with E-state index < -0.39 is 5.38 Å². The average molecular weight is 334 g/mol. The van der Waals surface area contributed by atoms with E-state index in [4.69, 9.17) is 11.6 Å². The predicted octanol–water partition coefficient (Wildman–Crippen LogP) is 5.59. The van der Waals surface area contributed by atoms with Crippen molar-refractivity contribution in [2.75, 3.05) is 0 Å². The maximum atomic E-state index is 14.0. The first-order valence-electron chi connectivity index (χ1n) is 5.15. The zero-order valence-corrected chi connectivity index (χ0v) is 12.6. The predicted molar refractivity (Wildman–Crippen MR) is 75.6 cm³/mol. The van der Waals surface area contributed by atoms with E-state index >= 15 is 0 Å². The lowest BCUT2D eigenvalue weighted by atomic mass is 10.1. The molecule has 0 bridgehead atoms. The summed E-state index contributed by atoms with van der Waals surface area (Å²) in [5.41, 5.74) is 1.16. The van der Waals surface area contributed by atoms with Crippen molar-refractivity contribution in [2.45, 2.75) is 19.2 Å². The summed E-state index contributed by atoms with van der Waals surface area (Å²) >= 11 is 11.4. The highest BCUT2D eigenvalue weighted by Crippen LogP contribution is 2.40. The second kappa shape index (κ2) is 5.09. The van der Waals surface area contributed by atoms with Gasteiger partial charge in [0.05, 0.1) is 5.38 Å². The second-order valence-corrected chi connectivity index (χ2v) is 6.49. The Balaban J connectivity index is 2.47. The molecule has 1 heterocycles. The van der Waals surface area contributed by atoms with Crippen LogP contribution in [0, 0.1) is 19.7 Å². The number of hydrogen-bond donors (Lipinski definition) is 0. The molecule has 0 aliphatic heterocycles. The number of thiophene rings is 1. The standard InChI is InChI=1S/C13H11BrClFS/c1-7-4-3-5-9(12(7)16)11(15)13-10(14)6-8(2)17-13/h3-6,11H,1-2H3. The second-order valence-electron chi connectivity index (χ2n) is 3.91. The monoisotopic (exact) mass is 332 g/mol. The van der Waals surface area contributed by atoms with Gasteiger partial charge in [0.15, 0.2) is 0 Å². The molecule has 17 heavy (non-hydrogen) atoms. The molecule has 0 saturated carbocycles. The fraction of sp³-hybridized carbons (Fsp3) is 0.231. The van der Waals surface area contributed by atoms with Crippen molar-refractivity contribution in [3.8, 4) is 0 Å². The van der Waals surface area contributed by atoms with E-state index in [0.29, 0.717) is 11.1 Å². The smallest absolute Gasteiger partial charge is 0.131 e. The number of halogens is 3. The van der Waals surface area contributed by atoms with Gasteiger partial charge in [-0.05, 0) is 41.4 Å². The van der Waals surface area contributed by atoms with Crippen LogP contribution in [0.25, 0.3) is 0 Å². The van der Waals surface area contributed by atoms with E-state index in [1.807, 2.05) is 19.1 Å². The Morgan fingerprint density at radius 2 is 2.06 bits per heavy atom. The Bertz CT molecular complexity index is 550. The molecule has 0 fully saturated rings. The summed E-state index contributed by atoms with van der Waals surface area (Å²) in [6.45, 7) is 3.76. The Morgan fingerprint density at radius 1 is 1.35 bits per heavy atom. The molecule has 4 heteroatoms. The van der Waals surface area contributed by atoms with Gasteiger partial charge in [0.25, 0.3) is 0 Å². The molecule has 90 valence electrons. The highest BCUT2D eigenvalue weighted by atomic mass is 79.9. The van der Waals surface area contributed by atoms with Crippen LogP contribution in [-0.4, -0.2) is 0 Å². The summed E-state index contributed by atoms with van der Waals surface area (Å²) in [6, 6.07) is 7.32. The number of alkyl halides is 1. The Labute approximate surface area is 118 Å². The minimum atomic E-state index is -0.442. The molecule has 0 radical (unpaired) electrons.